The Morgan fingerprint density at radius 1 is 1.30 bits per heavy atom. The summed E-state index contributed by atoms with van der Waals surface area (Å²) >= 11 is 2.04. The number of ether oxygens (including phenoxy) is 1. The molecule has 0 radical (unpaired) electrons. The molecular weight excluding hydrogens is 308 g/mol. The second-order valence-corrected chi connectivity index (χ2v) is 6.92. The van der Waals surface area contributed by atoms with Crippen LogP contribution in [0, 0.1) is 0 Å². The van der Waals surface area contributed by atoms with Crippen LogP contribution in [0.25, 0.3) is 0 Å². The first-order valence-corrected chi connectivity index (χ1v) is 9.26. The molecule has 1 aromatic carbocycles. The van der Waals surface area contributed by atoms with Gasteiger partial charge in [0.25, 0.3) is 0 Å². The third-order valence-corrected chi connectivity index (χ3v) is 4.74. The Morgan fingerprint density at radius 3 is 2.61 bits per heavy atom. The van der Waals surface area contributed by atoms with Crippen molar-refractivity contribution in [2.24, 2.45) is 4.99 Å². The smallest absolute Gasteiger partial charge is 0.191 e. The van der Waals surface area contributed by atoms with Crippen molar-refractivity contribution in [3.63, 3.8) is 0 Å². The van der Waals surface area contributed by atoms with E-state index in [0.717, 1.165) is 25.6 Å². The van der Waals surface area contributed by atoms with E-state index in [4.69, 9.17) is 4.74 Å². The maximum absolute atomic E-state index is 5.13. The molecule has 0 saturated carbocycles. The first kappa shape index (κ1) is 17.9. The molecule has 1 aliphatic heterocycles. The normalized spacial score (nSPS) is 17.0. The lowest BCUT2D eigenvalue weighted by molar-refractivity contribution is 0.179. The molecular formula is C17H28N4OS. The Kier molecular flexibility index (Phi) is 7.55. The van der Waals surface area contributed by atoms with Crippen LogP contribution in [-0.4, -0.2) is 57.4 Å². The molecule has 0 bridgehead atoms. The van der Waals surface area contributed by atoms with Gasteiger partial charge in [0.1, 0.15) is 0 Å². The van der Waals surface area contributed by atoms with E-state index in [1.54, 1.807) is 14.2 Å². The summed E-state index contributed by atoms with van der Waals surface area (Å²) < 4.78 is 5.13. The SMILES string of the molecule is CN=C(NCc1ccc(N2CCSCC2)cc1)NC(C)COC. The van der Waals surface area contributed by atoms with Gasteiger partial charge in [-0.15, -0.1) is 0 Å². The molecule has 23 heavy (non-hydrogen) atoms. The summed E-state index contributed by atoms with van der Waals surface area (Å²) in [7, 11) is 3.49. The van der Waals surface area contributed by atoms with Crippen molar-refractivity contribution in [3.8, 4) is 0 Å². The van der Waals surface area contributed by atoms with Crippen LogP contribution >= 0.6 is 11.8 Å². The minimum absolute atomic E-state index is 0.227. The zero-order valence-electron chi connectivity index (χ0n) is 14.3. The predicted octanol–water partition coefficient (Wildman–Crippen LogP) is 1.94. The number of nitrogens with zero attached hydrogens (tertiary/aromatic N) is 2. The van der Waals surface area contributed by atoms with Crippen LogP contribution in [0.4, 0.5) is 5.69 Å². The summed E-state index contributed by atoms with van der Waals surface area (Å²) in [6.07, 6.45) is 0. The molecule has 128 valence electrons. The van der Waals surface area contributed by atoms with E-state index in [0.29, 0.717) is 6.61 Å². The van der Waals surface area contributed by atoms with Crippen molar-refractivity contribution in [2.75, 3.05) is 50.3 Å². The van der Waals surface area contributed by atoms with Crippen molar-refractivity contribution >= 4 is 23.4 Å². The molecule has 0 aliphatic carbocycles. The Balaban J connectivity index is 1.83. The van der Waals surface area contributed by atoms with Gasteiger partial charge < -0.3 is 20.3 Å². The number of anilines is 1. The molecule has 0 spiro atoms. The fourth-order valence-corrected chi connectivity index (χ4v) is 3.45. The van der Waals surface area contributed by atoms with Crippen LogP contribution in [0.15, 0.2) is 29.3 Å². The predicted molar refractivity (Wildman–Crippen MR) is 101 cm³/mol. The molecule has 1 fully saturated rings. The van der Waals surface area contributed by atoms with Crippen molar-refractivity contribution in [3.05, 3.63) is 29.8 Å². The molecule has 5 nitrogen and oxygen atoms in total. The molecule has 1 aliphatic rings. The third kappa shape index (κ3) is 5.95. The first-order valence-electron chi connectivity index (χ1n) is 8.10. The Morgan fingerprint density at radius 2 is 2.00 bits per heavy atom. The lowest BCUT2D eigenvalue weighted by Gasteiger charge is -2.28. The van der Waals surface area contributed by atoms with E-state index in [-0.39, 0.29) is 6.04 Å². The van der Waals surface area contributed by atoms with Crippen molar-refractivity contribution in [1.29, 1.82) is 0 Å². The number of benzene rings is 1. The average Bonchev–Trinajstić information content (AvgIpc) is 2.60. The number of thioether (sulfide) groups is 1. The minimum Gasteiger partial charge on any atom is -0.383 e. The Hall–Kier alpha value is -1.40. The topological polar surface area (TPSA) is 48.9 Å². The number of methoxy groups -OCH3 is 1. The van der Waals surface area contributed by atoms with Gasteiger partial charge in [0.2, 0.25) is 0 Å². The van der Waals surface area contributed by atoms with Crippen molar-refractivity contribution in [1.82, 2.24) is 10.6 Å². The summed E-state index contributed by atoms with van der Waals surface area (Å²) in [4.78, 5) is 6.70. The summed E-state index contributed by atoms with van der Waals surface area (Å²) in [5.41, 5.74) is 2.58. The second-order valence-electron chi connectivity index (χ2n) is 5.69. The zero-order chi connectivity index (χ0) is 16.5. The van der Waals surface area contributed by atoms with Crippen LogP contribution in [-0.2, 0) is 11.3 Å². The van der Waals surface area contributed by atoms with Gasteiger partial charge in [0, 0.05) is 57.0 Å². The zero-order valence-corrected chi connectivity index (χ0v) is 15.2. The maximum Gasteiger partial charge on any atom is 0.191 e. The van der Waals surface area contributed by atoms with E-state index < -0.39 is 0 Å². The number of aliphatic imine (C=N–C) groups is 1. The van der Waals surface area contributed by atoms with E-state index in [1.165, 1.54) is 22.8 Å². The highest BCUT2D eigenvalue weighted by atomic mass is 32.2. The summed E-state index contributed by atoms with van der Waals surface area (Å²) in [6.45, 7) is 5.79. The molecule has 1 unspecified atom stereocenters. The molecule has 1 heterocycles. The fraction of sp³-hybridized carbons (Fsp3) is 0.588. The molecule has 1 saturated heterocycles. The van der Waals surface area contributed by atoms with Gasteiger partial charge in [0.15, 0.2) is 5.96 Å². The monoisotopic (exact) mass is 336 g/mol. The average molecular weight is 337 g/mol. The van der Waals surface area contributed by atoms with Gasteiger partial charge in [-0.1, -0.05) is 12.1 Å². The Bertz CT molecular complexity index is 486. The highest BCUT2D eigenvalue weighted by Crippen LogP contribution is 2.19. The third-order valence-electron chi connectivity index (χ3n) is 3.80. The van der Waals surface area contributed by atoms with Crippen LogP contribution < -0.4 is 15.5 Å². The summed E-state index contributed by atoms with van der Waals surface area (Å²) in [5, 5.41) is 6.64. The van der Waals surface area contributed by atoms with Gasteiger partial charge in [-0.2, -0.15) is 11.8 Å². The van der Waals surface area contributed by atoms with Gasteiger partial charge in [-0.3, -0.25) is 4.99 Å². The number of nitrogens with one attached hydrogen (secondary N) is 2. The highest BCUT2D eigenvalue weighted by molar-refractivity contribution is 7.99. The molecule has 6 heteroatoms. The first-order chi connectivity index (χ1) is 11.2. The second kappa shape index (κ2) is 9.67. The summed E-state index contributed by atoms with van der Waals surface area (Å²) in [6, 6.07) is 9.05. The molecule has 1 aromatic rings. The van der Waals surface area contributed by atoms with Crippen LogP contribution in [0.3, 0.4) is 0 Å². The van der Waals surface area contributed by atoms with Crippen LogP contribution in [0.5, 0.6) is 0 Å². The van der Waals surface area contributed by atoms with Gasteiger partial charge in [0.05, 0.1) is 6.61 Å². The molecule has 0 aromatic heterocycles. The molecule has 2 N–H and O–H groups in total. The molecule has 1 atom stereocenters. The molecule has 2 rings (SSSR count). The van der Waals surface area contributed by atoms with Crippen LogP contribution in [0.2, 0.25) is 0 Å². The van der Waals surface area contributed by atoms with Gasteiger partial charge in [-0.05, 0) is 24.6 Å². The lowest BCUT2D eigenvalue weighted by atomic mass is 10.2. The number of rotatable bonds is 6. The quantitative estimate of drug-likeness (QED) is 0.614. The van der Waals surface area contributed by atoms with Gasteiger partial charge >= 0.3 is 0 Å². The van der Waals surface area contributed by atoms with Gasteiger partial charge in [-0.25, -0.2) is 0 Å². The number of hydrogen-bond acceptors (Lipinski definition) is 4. The molecule has 0 amide bonds. The number of guanidine groups is 1. The largest absolute Gasteiger partial charge is 0.383 e. The van der Waals surface area contributed by atoms with E-state index >= 15 is 0 Å². The standard InChI is InChI=1S/C17H28N4OS/c1-14(13-22-3)20-17(18-2)19-12-15-4-6-16(7-5-15)21-8-10-23-11-9-21/h4-7,14H,8-13H2,1-3H3,(H2,18,19,20). The maximum atomic E-state index is 5.13. The highest BCUT2D eigenvalue weighted by Gasteiger charge is 2.11. The fourth-order valence-electron chi connectivity index (χ4n) is 2.55. The van der Waals surface area contributed by atoms with E-state index in [9.17, 15) is 0 Å². The Labute approximate surface area is 143 Å². The lowest BCUT2D eigenvalue weighted by Crippen LogP contribution is -2.43. The summed E-state index contributed by atoms with van der Waals surface area (Å²) in [5.74, 6) is 3.25. The van der Waals surface area contributed by atoms with Crippen molar-refractivity contribution < 1.29 is 4.74 Å². The van der Waals surface area contributed by atoms with E-state index in [1.807, 2.05) is 11.8 Å². The minimum atomic E-state index is 0.227. The van der Waals surface area contributed by atoms with Crippen LogP contribution in [0.1, 0.15) is 12.5 Å². The van der Waals surface area contributed by atoms with E-state index in [2.05, 4.69) is 51.7 Å². The number of hydrogen-bond donors (Lipinski definition) is 2. The van der Waals surface area contributed by atoms with Crippen molar-refractivity contribution in [2.45, 2.75) is 19.5 Å².